The molecule has 1 fully saturated rings. The minimum absolute atomic E-state index is 0.0776. The Kier molecular flexibility index (Phi) is 6.42. The van der Waals surface area contributed by atoms with Gasteiger partial charge < -0.3 is 15.2 Å². The van der Waals surface area contributed by atoms with Gasteiger partial charge in [-0.3, -0.25) is 4.79 Å². The molecule has 0 radical (unpaired) electrons. The summed E-state index contributed by atoms with van der Waals surface area (Å²) < 4.78 is 5.53. The molecular formula is C12H23NO3. The number of ether oxygens (including phenoxy) is 1. The molecule has 1 aliphatic carbocycles. The van der Waals surface area contributed by atoms with Crippen LogP contribution in [0.2, 0.25) is 0 Å². The lowest BCUT2D eigenvalue weighted by Gasteiger charge is -2.21. The Labute approximate surface area is 97.4 Å². The molecule has 0 aromatic heterocycles. The molecule has 0 saturated heterocycles. The van der Waals surface area contributed by atoms with Crippen molar-refractivity contribution in [2.75, 3.05) is 13.2 Å². The van der Waals surface area contributed by atoms with Crippen LogP contribution in [0.3, 0.4) is 0 Å². The Morgan fingerprint density at radius 1 is 1.44 bits per heavy atom. The molecule has 16 heavy (non-hydrogen) atoms. The number of hydrogen-bond acceptors (Lipinski definition) is 3. The number of rotatable bonds is 6. The van der Waals surface area contributed by atoms with Crippen molar-refractivity contribution in [3.63, 3.8) is 0 Å². The number of carbonyl (C=O) groups is 1. The fraction of sp³-hybridized carbons (Fsp3) is 0.917. The summed E-state index contributed by atoms with van der Waals surface area (Å²) in [6.45, 7) is 2.39. The minimum atomic E-state index is -0.362. The van der Waals surface area contributed by atoms with Crippen LogP contribution in [-0.4, -0.2) is 36.4 Å². The van der Waals surface area contributed by atoms with E-state index in [1.54, 1.807) is 6.92 Å². The van der Waals surface area contributed by atoms with E-state index in [0.29, 0.717) is 13.0 Å². The highest BCUT2D eigenvalue weighted by atomic mass is 16.5. The molecule has 4 nitrogen and oxygen atoms in total. The van der Waals surface area contributed by atoms with Gasteiger partial charge in [0, 0.05) is 6.54 Å². The maximum Gasteiger partial charge on any atom is 0.246 e. The van der Waals surface area contributed by atoms with Crippen LogP contribution in [0.5, 0.6) is 0 Å². The van der Waals surface area contributed by atoms with Crippen molar-refractivity contribution in [1.29, 1.82) is 0 Å². The van der Waals surface area contributed by atoms with Gasteiger partial charge in [-0.2, -0.15) is 0 Å². The maximum atomic E-state index is 11.3. The Balaban J connectivity index is 2.00. The summed E-state index contributed by atoms with van der Waals surface area (Å²) >= 11 is 0. The van der Waals surface area contributed by atoms with E-state index in [9.17, 15) is 4.79 Å². The van der Waals surface area contributed by atoms with Gasteiger partial charge in [-0.15, -0.1) is 0 Å². The van der Waals surface area contributed by atoms with E-state index in [0.717, 1.165) is 12.8 Å². The van der Waals surface area contributed by atoms with Crippen LogP contribution in [0.25, 0.3) is 0 Å². The Morgan fingerprint density at radius 2 is 2.12 bits per heavy atom. The molecule has 1 atom stereocenters. The molecule has 1 unspecified atom stereocenters. The lowest BCUT2D eigenvalue weighted by molar-refractivity contribution is -0.128. The summed E-state index contributed by atoms with van der Waals surface area (Å²) in [6.07, 6.45) is 6.40. The molecule has 1 saturated carbocycles. The average molecular weight is 229 g/mol. The maximum absolute atomic E-state index is 11.3. The van der Waals surface area contributed by atoms with Gasteiger partial charge in [0.25, 0.3) is 0 Å². The van der Waals surface area contributed by atoms with Crippen LogP contribution in [0.1, 0.15) is 45.4 Å². The van der Waals surface area contributed by atoms with E-state index in [4.69, 9.17) is 9.84 Å². The quantitative estimate of drug-likeness (QED) is 0.720. The summed E-state index contributed by atoms with van der Waals surface area (Å²) in [7, 11) is 0. The Hall–Kier alpha value is -0.610. The van der Waals surface area contributed by atoms with Crippen LogP contribution in [-0.2, 0) is 9.53 Å². The Bertz CT molecular complexity index is 200. The number of carbonyl (C=O) groups excluding carboxylic acids is 1. The molecular weight excluding hydrogens is 206 g/mol. The molecule has 0 spiro atoms. The van der Waals surface area contributed by atoms with Gasteiger partial charge in [0.1, 0.15) is 6.61 Å². The second-order valence-corrected chi connectivity index (χ2v) is 4.56. The van der Waals surface area contributed by atoms with E-state index in [2.05, 4.69) is 5.32 Å². The molecule has 1 amide bonds. The van der Waals surface area contributed by atoms with Crippen LogP contribution >= 0.6 is 0 Å². The molecule has 1 rings (SSSR count). The number of amides is 1. The van der Waals surface area contributed by atoms with Crippen molar-refractivity contribution in [3.8, 4) is 0 Å². The van der Waals surface area contributed by atoms with Crippen molar-refractivity contribution in [3.05, 3.63) is 0 Å². The monoisotopic (exact) mass is 229 g/mol. The van der Waals surface area contributed by atoms with E-state index >= 15 is 0 Å². The van der Waals surface area contributed by atoms with E-state index in [-0.39, 0.29) is 24.7 Å². The zero-order chi connectivity index (χ0) is 11.8. The summed E-state index contributed by atoms with van der Waals surface area (Å²) in [5.74, 6) is -0.0776. The number of nitrogens with one attached hydrogen (secondary N) is 1. The number of aliphatic hydroxyl groups is 1. The van der Waals surface area contributed by atoms with Gasteiger partial charge in [0.05, 0.1) is 12.2 Å². The van der Waals surface area contributed by atoms with Gasteiger partial charge in [0.2, 0.25) is 5.91 Å². The summed E-state index contributed by atoms with van der Waals surface area (Å²) in [5.41, 5.74) is 0. The molecule has 4 heteroatoms. The molecule has 2 N–H and O–H groups in total. The van der Waals surface area contributed by atoms with Crippen LogP contribution in [0.4, 0.5) is 0 Å². The summed E-state index contributed by atoms with van der Waals surface area (Å²) in [6, 6.07) is 0. The van der Waals surface area contributed by atoms with E-state index < -0.39 is 0 Å². The van der Waals surface area contributed by atoms with Gasteiger partial charge in [-0.05, 0) is 26.2 Å². The third-order valence-corrected chi connectivity index (χ3v) is 2.89. The highest BCUT2D eigenvalue weighted by molar-refractivity contribution is 5.77. The first-order valence-electron chi connectivity index (χ1n) is 6.25. The van der Waals surface area contributed by atoms with Crippen LogP contribution < -0.4 is 5.32 Å². The summed E-state index contributed by atoms with van der Waals surface area (Å²) in [4.78, 5) is 11.3. The first kappa shape index (κ1) is 13.5. The van der Waals surface area contributed by atoms with Gasteiger partial charge >= 0.3 is 0 Å². The highest BCUT2D eigenvalue weighted by Gasteiger charge is 2.14. The SMILES string of the molecule is CC(O)CCNC(=O)COC1CCCCC1. The van der Waals surface area contributed by atoms with E-state index in [1.165, 1.54) is 19.3 Å². The van der Waals surface area contributed by atoms with Crippen LogP contribution in [0, 0.1) is 0 Å². The predicted molar refractivity (Wildman–Crippen MR) is 62.1 cm³/mol. The fourth-order valence-corrected chi connectivity index (χ4v) is 1.90. The summed E-state index contributed by atoms with van der Waals surface area (Å²) in [5, 5.41) is 11.7. The van der Waals surface area contributed by atoms with Crippen LogP contribution in [0.15, 0.2) is 0 Å². The van der Waals surface area contributed by atoms with Crippen molar-refractivity contribution in [2.45, 2.75) is 57.7 Å². The first-order valence-corrected chi connectivity index (χ1v) is 6.25. The van der Waals surface area contributed by atoms with E-state index in [1.807, 2.05) is 0 Å². The highest BCUT2D eigenvalue weighted by Crippen LogP contribution is 2.19. The van der Waals surface area contributed by atoms with Gasteiger partial charge in [-0.25, -0.2) is 0 Å². The van der Waals surface area contributed by atoms with Crippen molar-refractivity contribution in [1.82, 2.24) is 5.32 Å². The lowest BCUT2D eigenvalue weighted by atomic mass is 9.98. The van der Waals surface area contributed by atoms with Crippen molar-refractivity contribution < 1.29 is 14.6 Å². The van der Waals surface area contributed by atoms with Gasteiger partial charge in [-0.1, -0.05) is 19.3 Å². The second-order valence-electron chi connectivity index (χ2n) is 4.56. The standard InChI is InChI=1S/C12H23NO3/c1-10(14)7-8-13-12(15)9-16-11-5-3-2-4-6-11/h10-11,14H,2-9H2,1H3,(H,13,15). The average Bonchev–Trinajstić information content (AvgIpc) is 2.27. The largest absolute Gasteiger partial charge is 0.393 e. The second kappa shape index (κ2) is 7.63. The lowest BCUT2D eigenvalue weighted by Crippen LogP contribution is -2.32. The Morgan fingerprint density at radius 3 is 2.75 bits per heavy atom. The third-order valence-electron chi connectivity index (χ3n) is 2.89. The third kappa shape index (κ3) is 6.08. The predicted octanol–water partition coefficient (Wildman–Crippen LogP) is 1.22. The molecule has 94 valence electrons. The normalized spacial score (nSPS) is 19.4. The number of aliphatic hydroxyl groups excluding tert-OH is 1. The molecule has 0 aromatic rings. The molecule has 0 aromatic carbocycles. The zero-order valence-corrected chi connectivity index (χ0v) is 10.1. The van der Waals surface area contributed by atoms with Gasteiger partial charge in [0.15, 0.2) is 0 Å². The minimum Gasteiger partial charge on any atom is -0.393 e. The first-order chi connectivity index (χ1) is 7.68. The zero-order valence-electron chi connectivity index (χ0n) is 10.1. The molecule has 1 aliphatic rings. The fourth-order valence-electron chi connectivity index (χ4n) is 1.90. The van der Waals surface area contributed by atoms with Crippen molar-refractivity contribution >= 4 is 5.91 Å². The van der Waals surface area contributed by atoms with Crippen molar-refractivity contribution in [2.24, 2.45) is 0 Å². The number of hydrogen-bond donors (Lipinski definition) is 2. The smallest absolute Gasteiger partial charge is 0.246 e. The molecule has 0 bridgehead atoms. The molecule has 0 aliphatic heterocycles. The molecule has 0 heterocycles. The topological polar surface area (TPSA) is 58.6 Å².